The number of ketones is 1. The molecule has 0 saturated heterocycles. The number of fused-ring (bicyclic) bond motifs is 2. The van der Waals surface area contributed by atoms with E-state index in [2.05, 4.69) is 10.6 Å². The summed E-state index contributed by atoms with van der Waals surface area (Å²) in [6.45, 7) is 0.909. The minimum atomic E-state index is -0.217. The van der Waals surface area contributed by atoms with Crippen molar-refractivity contribution in [2.24, 2.45) is 0 Å². The van der Waals surface area contributed by atoms with Crippen LogP contribution in [0.25, 0.3) is 0 Å². The first kappa shape index (κ1) is 17.4. The molecule has 6 nitrogen and oxygen atoms in total. The quantitative estimate of drug-likeness (QED) is 0.851. The molecule has 1 amide bonds. The van der Waals surface area contributed by atoms with Gasteiger partial charge in [-0.25, -0.2) is 0 Å². The average Bonchev–Trinajstić information content (AvgIpc) is 2.71. The number of nitrogens with one attached hydrogen (secondary N) is 2. The summed E-state index contributed by atoms with van der Waals surface area (Å²) >= 11 is 0. The van der Waals surface area contributed by atoms with Gasteiger partial charge in [0.2, 0.25) is 5.91 Å². The van der Waals surface area contributed by atoms with Gasteiger partial charge in [0.05, 0.1) is 13.1 Å². The van der Waals surface area contributed by atoms with Gasteiger partial charge in [0.25, 0.3) is 0 Å². The number of hydrogen-bond donors (Lipinski definition) is 2. The minimum absolute atomic E-state index is 0.136. The fraction of sp³-hybridized carbons (Fsp3) is 0.333. The van der Waals surface area contributed by atoms with Gasteiger partial charge in [-0.15, -0.1) is 0 Å². The lowest BCUT2D eigenvalue weighted by Crippen LogP contribution is -2.42. The van der Waals surface area contributed by atoms with Crippen molar-refractivity contribution in [3.05, 3.63) is 53.6 Å². The summed E-state index contributed by atoms with van der Waals surface area (Å²) in [5, 5.41) is 5.93. The van der Waals surface area contributed by atoms with Gasteiger partial charge in [-0.05, 0) is 42.7 Å². The van der Waals surface area contributed by atoms with Crippen molar-refractivity contribution < 1.29 is 19.1 Å². The molecule has 0 radical (unpaired) electrons. The van der Waals surface area contributed by atoms with Crippen molar-refractivity contribution in [3.8, 4) is 11.5 Å². The topological polar surface area (TPSA) is 76.7 Å². The predicted molar refractivity (Wildman–Crippen MR) is 102 cm³/mol. The van der Waals surface area contributed by atoms with Crippen molar-refractivity contribution in [2.45, 2.75) is 25.4 Å². The van der Waals surface area contributed by atoms with E-state index in [9.17, 15) is 9.59 Å². The Labute approximate surface area is 157 Å². The molecule has 0 bridgehead atoms. The van der Waals surface area contributed by atoms with E-state index in [0.29, 0.717) is 25.3 Å². The number of carbonyl (C=O) groups is 2. The smallest absolute Gasteiger partial charge is 0.239 e. The molecule has 1 aliphatic carbocycles. The number of carbonyl (C=O) groups excluding carboxylic acids is 2. The molecule has 0 spiro atoms. The highest BCUT2D eigenvalue weighted by atomic mass is 16.6. The molecule has 1 aliphatic heterocycles. The summed E-state index contributed by atoms with van der Waals surface area (Å²) in [5.74, 6) is 1.46. The van der Waals surface area contributed by atoms with E-state index in [4.69, 9.17) is 9.47 Å². The third kappa shape index (κ3) is 4.05. The third-order valence-corrected chi connectivity index (χ3v) is 4.81. The Kier molecular flexibility index (Phi) is 4.96. The fourth-order valence-corrected chi connectivity index (χ4v) is 3.37. The van der Waals surface area contributed by atoms with Crippen LogP contribution in [0.2, 0.25) is 0 Å². The maximum Gasteiger partial charge on any atom is 0.239 e. The second-order valence-electron chi connectivity index (χ2n) is 6.80. The zero-order valence-electron chi connectivity index (χ0n) is 15.0. The number of anilines is 1. The zero-order valence-corrected chi connectivity index (χ0v) is 15.0. The Balaban J connectivity index is 1.26. The van der Waals surface area contributed by atoms with Crippen LogP contribution in [0.1, 0.15) is 28.8 Å². The van der Waals surface area contributed by atoms with Crippen LogP contribution in [0, 0.1) is 0 Å². The van der Waals surface area contributed by atoms with Gasteiger partial charge in [0.1, 0.15) is 12.7 Å². The molecule has 140 valence electrons. The number of ether oxygens (including phenoxy) is 2. The van der Waals surface area contributed by atoms with Crippen LogP contribution >= 0.6 is 0 Å². The van der Waals surface area contributed by atoms with E-state index in [1.807, 2.05) is 42.5 Å². The van der Waals surface area contributed by atoms with Gasteiger partial charge in [0, 0.05) is 17.7 Å². The SMILES string of the molecule is O=C(CNc1ccc2c(c1)C(=O)CCC2)NC[C@H]1COc2ccccc2O1. The second-order valence-corrected chi connectivity index (χ2v) is 6.80. The molecular formula is C21H22N2O4. The van der Waals surface area contributed by atoms with E-state index < -0.39 is 0 Å². The first-order chi connectivity index (χ1) is 13.2. The number of Topliss-reactive ketones (excluding diaryl/α,β-unsaturated/α-hetero) is 1. The maximum atomic E-state index is 12.1. The molecule has 2 aromatic rings. The van der Waals surface area contributed by atoms with E-state index >= 15 is 0 Å². The van der Waals surface area contributed by atoms with Crippen LogP contribution in [0.15, 0.2) is 42.5 Å². The lowest BCUT2D eigenvalue weighted by molar-refractivity contribution is -0.119. The van der Waals surface area contributed by atoms with Gasteiger partial charge < -0.3 is 20.1 Å². The lowest BCUT2D eigenvalue weighted by Gasteiger charge is -2.26. The molecule has 1 heterocycles. The number of amides is 1. The normalized spacial score (nSPS) is 17.8. The van der Waals surface area contributed by atoms with Gasteiger partial charge in [-0.1, -0.05) is 18.2 Å². The molecule has 2 aromatic carbocycles. The van der Waals surface area contributed by atoms with Crippen LogP contribution in [0.5, 0.6) is 11.5 Å². The molecule has 1 atom stereocenters. The molecule has 6 heteroatoms. The van der Waals surface area contributed by atoms with Crippen molar-refractivity contribution in [1.82, 2.24) is 5.32 Å². The molecule has 0 fully saturated rings. The highest BCUT2D eigenvalue weighted by Crippen LogP contribution is 2.30. The largest absolute Gasteiger partial charge is 0.486 e. The van der Waals surface area contributed by atoms with Crippen molar-refractivity contribution >= 4 is 17.4 Å². The highest BCUT2D eigenvalue weighted by Gasteiger charge is 2.21. The highest BCUT2D eigenvalue weighted by molar-refractivity contribution is 5.99. The van der Waals surface area contributed by atoms with Crippen LogP contribution in [-0.4, -0.2) is 37.5 Å². The van der Waals surface area contributed by atoms with Crippen molar-refractivity contribution in [2.75, 3.05) is 25.0 Å². The molecular weight excluding hydrogens is 344 g/mol. The number of para-hydroxylation sites is 2. The average molecular weight is 366 g/mol. The first-order valence-electron chi connectivity index (χ1n) is 9.24. The summed E-state index contributed by atoms with van der Waals surface area (Å²) < 4.78 is 11.5. The summed E-state index contributed by atoms with van der Waals surface area (Å²) in [4.78, 5) is 24.1. The first-order valence-corrected chi connectivity index (χ1v) is 9.24. The maximum absolute atomic E-state index is 12.1. The van der Waals surface area contributed by atoms with Gasteiger partial charge in [0.15, 0.2) is 17.3 Å². The van der Waals surface area contributed by atoms with E-state index in [1.54, 1.807) is 0 Å². The van der Waals surface area contributed by atoms with Crippen LogP contribution in [0.4, 0.5) is 5.69 Å². The number of hydrogen-bond acceptors (Lipinski definition) is 5. The van der Waals surface area contributed by atoms with E-state index in [1.165, 1.54) is 0 Å². The summed E-state index contributed by atoms with van der Waals surface area (Å²) in [5.41, 5.74) is 2.65. The molecule has 4 rings (SSSR count). The van der Waals surface area contributed by atoms with Gasteiger partial charge >= 0.3 is 0 Å². The van der Waals surface area contributed by atoms with E-state index in [0.717, 1.165) is 35.4 Å². The number of aryl methyl sites for hydroxylation is 1. The summed E-state index contributed by atoms with van der Waals surface area (Å²) in [6.07, 6.45) is 2.24. The summed E-state index contributed by atoms with van der Waals surface area (Å²) in [6, 6.07) is 13.2. The van der Waals surface area contributed by atoms with Crippen LogP contribution in [-0.2, 0) is 11.2 Å². The molecule has 0 unspecified atom stereocenters. The monoisotopic (exact) mass is 366 g/mol. The molecule has 2 aliphatic rings. The predicted octanol–water partition coefficient (Wildman–Crippen LogP) is 2.57. The molecule has 2 N–H and O–H groups in total. The van der Waals surface area contributed by atoms with Crippen LogP contribution < -0.4 is 20.1 Å². The molecule has 27 heavy (non-hydrogen) atoms. The zero-order chi connectivity index (χ0) is 18.6. The Bertz CT molecular complexity index is 865. The van der Waals surface area contributed by atoms with Crippen molar-refractivity contribution in [3.63, 3.8) is 0 Å². The Morgan fingerprint density at radius 2 is 1.96 bits per heavy atom. The third-order valence-electron chi connectivity index (χ3n) is 4.81. The molecule has 0 saturated carbocycles. The Morgan fingerprint density at radius 1 is 1.11 bits per heavy atom. The Morgan fingerprint density at radius 3 is 2.85 bits per heavy atom. The van der Waals surface area contributed by atoms with Gasteiger partial charge in [-0.2, -0.15) is 0 Å². The van der Waals surface area contributed by atoms with Crippen molar-refractivity contribution in [1.29, 1.82) is 0 Å². The minimum Gasteiger partial charge on any atom is -0.486 e. The van der Waals surface area contributed by atoms with Gasteiger partial charge in [-0.3, -0.25) is 9.59 Å². The number of benzene rings is 2. The van der Waals surface area contributed by atoms with Crippen LogP contribution in [0.3, 0.4) is 0 Å². The second kappa shape index (κ2) is 7.70. The molecule has 0 aromatic heterocycles. The van der Waals surface area contributed by atoms with E-state index in [-0.39, 0.29) is 24.3 Å². The fourth-order valence-electron chi connectivity index (χ4n) is 3.37. The lowest BCUT2D eigenvalue weighted by atomic mass is 9.90. The number of rotatable bonds is 5. The summed E-state index contributed by atoms with van der Waals surface area (Å²) in [7, 11) is 0. The Hall–Kier alpha value is -3.02. The standard InChI is InChI=1S/C21H22N2O4/c24-18-5-3-4-14-8-9-15(10-17(14)18)22-12-21(25)23-11-16-13-26-19-6-1-2-7-20(19)27-16/h1-2,6-10,16,22H,3-5,11-13H2,(H,23,25)/t16-/m0/s1.